The van der Waals surface area contributed by atoms with Crippen molar-refractivity contribution in [3.05, 3.63) is 35.4 Å². The summed E-state index contributed by atoms with van der Waals surface area (Å²) in [6.07, 6.45) is -2.03. The topological polar surface area (TPSA) is 56.7 Å². The zero-order chi connectivity index (χ0) is 20.4. The smallest absolute Gasteiger partial charge is 0.357 e. The number of hydrogen-bond acceptors (Lipinski definition) is 2. The molecule has 0 aromatic heterocycles. The summed E-state index contributed by atoms with van der Waals surface area (Å²) in [6, 6.07) is 4.94. The van der Waals surface area contributed by atoms with Gasteiger partial charge in [0.2, 0.25) is 5.91 Å². The Kier molecular flexibility index (Phi) is 8.18. The first-order chi connectivity index (χ1) is 13.4. The summed E-state index contributed by atoms with van der Waals surface area (Å²) < 4.78 is 38.1. The molecule has 2 rings (SSSR count). The maximum Gasteiger partial charge on any atom is 0.416 e. The second-order valence-electron chi connectivity index (χ2n) is 6.33. The van der Waals surface area contributed by atoms with Crippen LogP contribution >= 0.6 is 0 Å². The number of amides is 1. The molecule has 5 nitrogen and oxygen atoms in total. The Hall–Kier alpha value is -2.69. The third kappa shape index (κ3) is 7.14. The van der Waals surface area contributed by atoms with E-state index < -0.39 is 11.7 Å². The van der Waals surface area contributed by atoms with E-state index in [0.29, 0.717) is 37.6 Å². The van der Waals surface area contributed by atoms with Gasteiger partial charge >= 0.3 is 6.18 Å². The van der Waals surface area contributed by atoms with Crippen molar-refractivity contribution < 1.29 is 18.0 Å². The quantitative estimate of drug-likeness (QED) is 0.338. The molecule has 8 heteroatoms. The maximum atomic E-state index is 12.7. The van der Waals surface area contributed by atoms with Crippen molar-refractivity contribution in [2.75, 3.05) is 32.7 Å². The van der Waals surface area contributed by atoms with Gasteiger partial charge in [-0.1, -0.05) is 17.9 Å². The Morgan fingerprint density at radius 1 is 1.32 bits per heavy atom. The summed E-state index contributed by atoms with van der Waals surface area (Å²) in [5.74, 6) is 6.33. The molecule has 1 fully saturated rings. The molecule has 152 valence electrons. The van der Waals surface area contributed by atoms with Gasteiger partial charge < -0.3 is 15.5 Å². The molecule has 0 bridgehead atoms. The number of carbonyl (C=O) groups is 1. The minimum Gasteiger partial charge on any atom is -0.357 e. The van der Waals surface area contributed by atoms with Crippen LogP contribution in [0.15, 0.2) is 29.3 Å². The van der Waals surface area contributed by atoms with E-state index in [-0.39, 0.29) is 12.5 Å². The molecule has 1 aromatic carbocycles. The highest BCUT2D eigenvalue weighted by atomic mass is 19.4. The Balaban J connectivity index is 1.81. The summed E-state index contributed by atoms with van der Waals surface area (Å²) in [5, 5.41) is 6.12. The highest BCUT2D eigenvalue weighted by Crippen LogP contribution is 2.29. The summed E-state index contributed by atoms with van der Waals surface area (Å²) in [4.78, 5) is 17.8. The van der Waals surface area contributed by atoms with E-state index >= 15 is 0 Å². The number of guanidine groups is 1. The lowest BCUT2D eigenvalue weighted by atomic mass is 10.1. The van der Waals surface area contributed by atoms with Gasteiger partial charge in [0, 0.05) is 38.2 Å². The van der Waals surface area contributed by atoms with Gasteiger partial charge in [0.05, 0.1) is 12.1 Å². The van der Waals surface area contributed by atoms with Crippen LogP contribution in [0.2, 0.25) is 0 Å². The van der Waals surface area contributed by atoms with E-state index in [0.717, 1.165) is 31.5 Å². The van der Waals surface area contributed by atoms with Gasteiger partial charge in [-0.25, -0.2) is 0 Å². The van der Waals surface area contributed by atoms with E-state index in [1.807, 2.05) is 11.8 Å². The van der Waals surface area contributed by atoms with E-state index in [1.54, 1.807) is 6.07 Å². The monoisotopic (exact) mass is 394 g/mol. The first-order valence-corrected chi connectivity index (χ1v) is 9.36. The molecule has 0 spiro atoms. The number of nitrogens with one attached hydrogen (secondary N) is 2. The van der Waals surface area contributed by atoms with Crippen LogP contribution < -0.4 is 10.6 Å². The van der Waals surface area contributed by atoms with E-state index in [2.05, 4.69) is 27.5 Å². The number of rotatable bonds is 6. The minimum absolute atomic E-state index is 0.207. The lowest BCUT2D eigenvalue weighted by Gasteiger charge is -2.14. The molecule has 0 aliphatic carbocycles. The van der Waals surface area contributed by atoms with Crippen LogP contribution in [-0.2, 0) is 11.0 Å². The normalized spacial score (nSPS) is 14.6. The molecule has 28 heavy (non-hydrogen) atoms. The fraction of sp³-hybridized carbons (Fsp3) is 0.500. The average molecular weight is 394 g/mol. The second-order valence-corrected chi connectivity index (χ2v) is 6.33. The molecular weight excluding hydrogens is 369 g/mol. The van der Waals surface area contributed by atoms with Crippen LogP contribution in [0.5, 0.6) is 0 Å². The van der Waals surface area contributed by atoms with Crippen LogP contribution in [0, 0.1) is 11.8 Å². The lowest BCUT2D eigenvalue weighted by Crippen LogP contribution is -2.37. The Bertz CT molecular complexity index is 750. The van der Waals surface area contributed by atoms with Gasteiger partial charge in [-0.2, -0.15) is 13.2 Å². The molecule has 1 saturated heterocycles. The molecule has 2 N–H and O–H groups in total. The van der Waals surface area contributed by atoms with Gasteiger partial charge in [-0.05, 0) is 38.0 Å². The number of alkyl halides is 3. The van der Waals surface area contributed by atoms with Crippen LogP contribution in [0.3, 0.4) is 0 Å². The van der Waals surface area contributed by atoms with Gasteiger partial charge in [-0.3, -0.25) is 9.79 Å². The van der Waals surface area contributed by atoms with Crippen molar-refractivity contribution in [2.45, 2.75) is 32.4 Å². The van der Waals surface area contributed by atoms with Gasteiger partial charge in [0.15, 0.2) is 5.96 Å². The molecule has 1 amide bonds. The molecule has 0 unspecified atom stereocenters. The Morgan fingerprint density at radius 2 is 2.14 bits per heavy atom. The van der Waals surface area contributed by atoms with Crippen molar-refractivity contribution in [3.8, 4) is 11.8 Å². The van der Waals surface area contributed by atoms with Crippen LogP contribution in [0.4, 0.5) is 13.2 Å². The van der Waals surface area contributed by atoms with E-state index in [1.165, 1.54) is 6.07 Å². The lowest BCUT2D eigenvalue weighted by molar-refractivity contribution is -0.137. The zero-order valence-electron chi connectivity index (χ0n) is 15.9. The summed E-state index contributed by atoms with van der Waals surface area (Å²) in [6.45, 7) is 4.97. The summed E-state index contributed by atoms with van der Waals surface area (Å²) >= 11 is 0. The first-order valence-electron chi connectivity index (χ1n) is 9.36. The summed E-state index contributed by atoms with van der Waals surface area (Å²) in [7, 11) is 0. The van der Waals surface area contributed by atoms with Crippen molar-refractivity contribution >= 4 is 11.9 Å². The van der Waals surface area contributed by atoms with Crippen molar-refractivity contribution in [1.82, 2.24) is 15.5 Å². The minimum atomic E-state index is -4.37. The molecule has 1 aromatic rings. The van der Waals surface area contributed by atoms with E-state index in [9.17, 15) is 18.0 Å². The third-order valence-corrected chi connectivity index (χ3v) is 4.14. The highest BCUT2D eigenvalue weighted by Gasteiger charge is 2.30. The van der Waals surface area contributed by atoms with Gasteiger partial charge in [-0.15, -0.1) is 0 Å². The standard InChI is InChI=1S/C20H25F3N4O/c1-2-24-19(26-12-6-14-27-13-5-10-18(27)28)25-11-4-8-16-7-3-9-17(15-16)20(21,22)23/h3,7,9,15H,2,5-6,10-14H2,1H3,(H2,24,25,26). The SMILES string of the molecule is CCNC(=NCCCN1CCCC1=O)NCC#Cc1cccc(C(F)(F)F)c1. The number of benzene rings is 1. The van der Waals surface area contributed by atoms with Crippen LogP contribution in [0.1, 0.15) is 37.3 Å². The van der Waals surface area contributed by atoms with E-state index in [4.69, 9.17) is 0 Å². The predicted octanol–water partition coefficient (Wildman–Crippen LogP) is 2.62. The molecule has 0 saturated carbocycles. The average Bonchev–Trinajstić information content (AvgIpc) is 3.06. The van der Waals surface area contributed by atoms with Crippen LogP contribution in [0.25, 0.3) is 0 Å². The third-order valence-electron chi connectivity index (χ3n) is 4.14. The van der Waals surface area contributed by atoms with Crippen molar-refractivity contribution in [3.63, 3.8) is 0 Å². The van der Waals surface area contributed by atoms with Gasteiger partial charge in [0.1, 0.15) is 0 Å². The zero-order valence-corrected chi connectivity index (χ0v) is 15.9. The fourth-order valence-corrected chi connectivity index (χ4v) is 2.78. The molecule has 1 aliphatic rings. The number of hydrogen-bond donors (Lipinski definition) is 2. The molecule has 1 heterocycles. The van der Waals surface area contributed by atoms with Crippen molar-refractivity contribution in [1.29, 1.82) is 0 Å². The number of halogens is 3. The maximum absolute atomic E-state index is 12.7. The molecule has 0 radical (unpaired) electrons. The number of likely N-dealkylation sites (tertiary alicyclic amines) is 1. The molecule has 0 atom stereocenters. The molecular formula is C20H25F3N4O. The first kappa shape index (κ1) is 21.6. The Morgan fingerprint density at radius 3 is 2.82 bits per heavy atom. The highest BCUT2D eigenvalue weighted by molar-refractivity contribution is 5.80. The predicted molar refractivity (Wildman–Crippen MR) is 103 cm³/mol. The number of nitrogens with zero attached hydrogens (tertiary/aromatic N) is 2. The van der Waals surface area contributed by atoms with Gasteiger partial charge in [0.25, 0.3) is 0 Å². The number of carbonyl (C=O) groups excluding carboxylic acids is 1. The molecule has 1 aliphatic heterocycles. The van der Waals surface area contributed by atoms with Crippen molar-refractivity contribution in [2.24, 2.45) is 4.99 Å². The summed E-state index contributed by atoms with van der Waals surface area (Å²) in [5.41, 5.74) is -0.396. The Labute approximate surface area is 163 Å². The second kappa shape index (κ2) is 10.6. The largest absolute Gasteiger partial charge is 0.416 e. The van der Waals surface area contributed by atoms with Crippen LogP contribution in [-0.4, -0.2) is 49.5 Å². The fourth-order valence-electron chi connectivity index (χ4n) is 2.78. The number of aliphatic imine (C=N–C) groups is 1.